The highest BCUT2D eigenvalue weighted by molar-refractivity contribution is 6.32. The molecule has 0 saturated carbocycles. The van der Waals surface area contributed by atoms with Crippen molar-refractivity contribution < 1.29 is 24.9 Å². The highest BCUT2D eigenvalue weighted by atomic mass is 35.5. The molecule has 2 heterocycles. The maximum Gasteiger partial charge on any atom is 0.234 e. The van der Waals surface area contributed by atoms with E-state index in [0.717, 1.165) is 55.6 Å². The maximum atomic E-state index is 13.9. The molecule has 2 amide bonds. The van der Waals surface area contributed by atoms with Gasteiger partial charge in [0.25, 0.3) is 0 Å². The van der Waals surface area contributed by atoms with Crippen LogP contribution in [0.15, 0.2) is 65.3 Å². The maximum absolute atomic E-state index is 13.9. The Morgan fingerprint density at radius 1 is 1.09 bits per heavy atom. The van der Waals surface area contributed by atoms with Gasteiger partial charge in [-0.1, -0.05) is 66.1 Å². The van der Waals surface area contributed by atoms with Gasteiger partial charge in [-0.15, -0.1) is 0 Å². The topological polar surface area (TPSA) is 101 Å². The van der Waals surface area contributed by atoms with Gasteiger partial charge < -0.3 is 15.3 Å². The molecule has 2 fully saturated rings. The SMILES string of the molecule is CC/C(=C\c1ccc(O)cc1Cl)CC[C@@H](O)C1=C(C)C[C@H]2C(=O)N(C3CCN(Cc4ccccc4)CC3)C(=O)[C@H]2[C@H]1CO. The summed E-state index contributed by atoms with van der Waals surface area (Å²) in [6.07, 6.45) is 4.88. The summed E-state index contributed by atoms with van der Waals surface area (Å²) in [4.78, 5) is 31.4. The molecule has 0 unspecified atom stereocenters. The Hall–Kier alpha value is -2.97. The van der Waals surface area contributed by atoms with E-state index < -0.39 is 23.9 Å². The summed E-state index contributed by atoms with van der Waals surface area (Å²) >= 11 is 6.30. The predicted molar refractivity (Wildman–Crippen MR) is 168 cm³/mol. The number of carbonyl (C=O) groups is 2. The van der Waals surface area contributed by atoms with Gasteiger partial charge in [-0.05, 0) is 80.3 Å². The zero-order valence-electron chi connectivity index (χ0n) is 25.1. The van der Waals surface area contributed by atoms with Crippen molar-refractivity contribution in [1.29, 1.82) is 0 Å². The van der Waals surface area contributed by atoms with E-state index in [2.05, 4.69) is 17.0 Å². The van der Waals surface area contributed by atoms with Crippen molar-refractivity contribution in [3.05, 3.63) is 81.4 Å². The lowest BCUT2D eigenvalue weighted by Gasteiger charge is -2.36. The Morgan fingerprint density at radius 3 is 2.47 bits per heavy atom. The average Bonchev–Trinajstić information content (AvgIpc) is 3.25. The second-order valence-electron chi connectivity index (χ2n) is 12.3. The van der Waals surface area contributed by atoms with Gasteiger partial charge in [0.1, 0.15) is 5.75 Å². The van der Waals surface area contributed by atoms with Gasteiger partial charge in [0.05, 0.1) is 29.6 Å². The minimum Gasteiger partial charge on any atom is -0.508 e. The monoisotopic (exact) mass is 606 g/mol. The second kappa shape index (κ2) is 13.8. The van der Waals surface area contributed by atoms with Crippen molar-refractivity contribution in [2.24, 2.45) is 17.8 Å². The minimum atomic E-state index is -0.832. The third-order valence-electron chi connectivity index (χ3n) is 9.63. The number of aliphatic hydroxyl groups is 2. The number of fused-ring (bicyclic) bond motifs is 1. The van der Waals surface area contributed by atoms with E-state index in [9.17, 15) is 24.9 Å². The van der Waals surface area contributed by atoms with Crippen LogP contribution in [0.5, 0.6) is 5.75 Å². The fraction of sp³-hybridized carbons (Fsp3) is 0.486. The number of amides is 2. The highest BCUT2D eigenvalue weighted by Crippen LogP contribution is 2.47. The van der Waals surface area contributed by atoms with Crippen LogP contribution < -0.4 is 0 Å². The van der Waals surface area contributed by atoms with E-state index in [4.69, 9.17) is 11.6 Å². The van der Waals surface area contributed by atoms with Crippen molar-refractivity contribution in [2.45, 2.75) is 71.1 Å². The zero-order chi connectivity index (χ0) is 30.7. The molecule has 2 aliphatic heterocycles. The first-order valence-electron chi connectivity index (χ1n) is 15.5. The number of phenols is 1. The number of rotatable bonds is 10. The van der Waals surface area contributed by atoms with Crippen LogP contribution in [0.25, 0.3) is 6.08 Å². The van der Waals surface area contributed by atoms with Crippen molar-refractivity contribution in [3.8, 4) is 5.75 Å². The number of carbonyl (C=O) groups excluding carboxylic acids is 2. The summed E-state index contributed by atoms with van der Waals surface area (Å²) in [6.45, 7) is 6.18. The quantitative estimate of drug-likeness (QED) is 0.241. The van der Waals surface area contributed by atoms with E-state index in [1.807, 2.05) is 38.1 Å². The number of aromatic hydroxyl groups is 1. The molecule has 0 radical (unpaired) electrons. The number of likely N-dealkylation sites (tertiary alicyclic amines) is 2. The lowest BCUT2D eigenvalue weighted by Crippen LogP contribution is -2.47. The largest absolute Gasteiger partial charge is 0.508 e. The molecule has 43 heavy (non-hydrogen) atoms. The minimum absolute atomic E-state index is 0.107. The molecule has 1 aliphatic carbocycles. The highest BCUT2D eigenvalue weighted by Gasteiger charge is 2.56. The lowest BCUT2D eigenvalue weighted by molar-refractivity contribution is -0.144. The molecule has 4 atom stereocenters. The Balaban J connectivity index is 1.25. The lowest BCUT2D eigenvalue weighted by atomic mass is 9.68. The first-order chi connectivity index (χ1) is 20.7. The van der Waals surface area contributed by atoms with Gasteiger partial charge in [0.15, 0.2) is 0 Å². The Labute approximate surface area is 259 Å². The Kier molecular flexibility index (Phi) is 10.1. The zero-order valence-corrected chi connectivity index (χ0v) is 25.8. The second-order valence-corrected chi connectivity index (χ2v) is 12.7. The van der Waals surface area contributed by atoms with Crippen LogP contribution in [-0.4, -0.2) is 68.8 Å². The Bertz CT molecular complexity index is 1380. The molecular weight excluding hydrogens is 564 g/mol. The number of phenolic OH excluding ortho intramolecular Hbond substituents is 1. The van der Waals surface area contributed by atoms with Crippen LogP contribution in [0.4, 0.5) is 0 Å². The summed E-state index contributed by atoms with van der Waals surface area (Å²) in [5.74, 6) is -1.89. The smallest absolute Gasteiger partial charge is 0.234 e. The molecule has 5 rings (SSSR count). The summed E-state index contributed by atoms with van der Waals surface area (Å²) < 4.78 is 0. The number of piperidine rings is 1. The van der Waals surface area contributed by atoms with Crippen LogP contribution >= 0.6 is 11.6 Å². The number of nitrogens with zero attached hydrogens (tertiary/aromatic N) is 2. The molecule has 2 aromatic carbocycles. The third kappa shape index (κ3) is 6.75. The van der Waals surface area contributed by atoms with Crippen LogP contribution in [0.2, 0.25) is 5.02 Å². The molecule has 8 heteroatoms. The fourth-order valence-corrected chi connectivity index (χ4v) is 7.59. The molecule has 3 aliphatic rings. The number of allylic oxidation sites excluding steroid dienone is 2. The third-order valence-corrected chi connectivity index (χ3v) is 9.95. The van der Waals surface area contributed by atoms with Crippen LogP contribution in [-0.2, 0) is 16.1 Å². The average molecular weight is 607 g/mol. The van der Waals surface area contributed by atoms with Gasteiger partial charge in [0, 0.05) is 31.6 Å². The van der Waals surface area contributed by atoms with E-state index >= 15 is 0 Å². The van der Waals surface area contributed by atoms with E-state index in [1.165, 1.54) is 16.5 Å². The van der Waals surface area contributed by atoms with Gasteiger partial charge in [-0.3, -0.25) is 19.4 Å². The summed E-state index contributed by atoms with van der Waals surface area (Å²) in [6, 6.07) is 15.1. The molecule has 2 saturated heterocycles. The van der Waals surface area contributed by atoms with Crippen LogP contribution in [0, 0.1) is 17.8 Å². The summed E-state index contributed by atoms with van der Waals surface area (Å²) in [7, 11) is 0. The van der Waals surface area contributed by atoms with Crippen molar-refractivity contribution >= 4 is 29.5 Å². The summed E-state index contributed by atoms with van der Waals surface area (Å²) in [5, 5.41) is 32.1. The number of hydrogen-bond donors (Lipinski definition) is 3. The first kappa shape index (κ1) is 31.5. The fourth-order valence-electron chi connectivity index (χ4n) is 7.36. The molecule has 0 spiro atoms. The number of hydrogen-bond acceptors (Lipinski definition) is 6. The van der Waals surface area contributed by atoms with Crippen molar-refractivity contribution in [3.63, 3.8) is 0 Å². The number of imide groups is 1. The standard InChI is InChI=1S/C35H43ClN2O5/c1-3-23(18-25-10-11-27(40)19-30(25)36)9-12-31(41)32-22(2)17-28-33(29(32)21-39)35(43)38(34(28)42)26-13-15-37(16-14-26)20-24-7-5-4-6-8-24/h4-8,10-11,18-19,26,28-29,31,33,39-41H,3,9,12-17,20-21H2,1-2H3/b23-18+/t28-,29+,31-,33-/m1/s1. The van der Waals surface area contributed by atoms with E-state index in [0.29, 0.717) is 29.9 Å². The number of benzene rings is 2. The number of aliphatic hydroxyl groups excluding tert-OH is 2. The van der Waals surface area contributed by atoms with Crippen molar-refractivity contribution in [1.82, 2.24) is 9.80 Å². The van der Waals surface area contributed by atoms with Crippen LogP contribution in [0.3, 0.4) is 0 Å². The van der Waals surface area contributed by atoms with Gasteiger partial charge in [-0.25, -0.2) is 0 Å². The van der Waals surface area contributed by atoms with Gasteiger partial charge in [0.2, 0.25) is 11.8 Å². The van der Waals surface area contributed by atoms with Gasteiger partial charge >= 0.3 is 0 Å². The molecule has 7 nitrogen and oxygen atoms in total. The van der Waals surface area contributed by atoms with Gasteiger partial charge in [-0.2, -0.15) is 0 Å². The summed E-state index contributed by atoms with van der Waals surface area (Å²) in [5.41, 5.74) is 4.76. The predicted octanol–water partition coefficient (Wildman–Crippen LogP) is 5.57. The number of halogens is 1. The normalized spacial score (nSPS) is 24.5. The first-order valence-corrected chi connectivity index (χ1v) is 15.9. The van der Waals surface area contributed by atoms with Crippen LogP contribution in [0.1, 0.15) is 63.5 Å². The molecule has 3 N–H and O–H groups in total. The molecule has 0 bridgehead atoms. The van der Waals surface area contributed by atoms with Crippen molar-refractivity contribution in [2.75, 3.05) is 19.7 Å². The molecule has 230 valence electrons. The molecule has 2 aromatic rings. The molecular formula is C35H43ClN2O5. The van der Waals surface area contributed by atoms with E-state index in [-0.39, 0.29) is 30.2 Å². The molecule has 0 aromatic heterocycles. The Morgan fingerprint density at radius 2 is 1.81 bits per heavy atom. The van der Waals surface area contributed by atoms with E-state index in [1.54, 1.807) is 12.1 Å².